The first-order valence-electron chi connectivity index (χ1n) is 10.5. The predicted molar refractivity (Wildman–Crippen MR) is 108 cm³/mol. The highest BCUT2D eigenvalue weighted by atomic mass is 16.2. The minimum absolute atomic E-state index is 0.0903. The van der Waals surface area contributed by atoms with Crippen molar-refractivity contribution >= 4 is 11.9 Å². The maximum absolute atomic E-state index is 12.8. The van der Waals surface area contributed by atoms with E-state index in [9.17, 15) is 9.59 Å². The number of rotatable bonds is 6. The topological polar surface area (TPSA) is 91.3 Å². The molecule has 8 heteroatoms. The molecule has 1 unspecified atom stereocenters. The van der Waals surface area contributed by atoms with Crippen molar-refractivity contribution in [3.05, 3.63) is 18.7 Å². The number of imidazole rings is 1. The number of carbonyl (C=O) groups excluding carboxylic acids is 2. The summed E-state index contributed by atoms with van der Waals surface area (Å²) in [7, 11) is 0. The third kappa shape index (κ3) is 5.25. The van der Waals surface area contributed by atoms with Crippen molar-refractivity contribution in [2.45, 2.75) is 70.0 Å². The molecule has 1 saturated heterocycles. The van der Waals surface area contributed by atoms with Gasteiger partial charge in [-0.25, -0.2) is 9.78 Å². The summed E-state index contributed by atoms with van der Waals surface area (Å²) in [5, 5.41) is 9.40. The summed E-state index contributed by atoms with van der Waals surface area (Å²) < 4.78 is 2.05. The van der Waals surface area contributed by atoms with Gasteiger partial charge in [0.25, 0.3) is 0 Å². The second-order valence-electron chi connectivity index (χ2n) is 8.52. The largest absolute Gasteiger partial charge is 0.354 e. The first-order valence-corrected chi connectivity index (χ1v) is 10.5. The molecule has 1 atom stereocenters. The lowest BCUT2D eigenvalue weighted by Gasteiger charge is -2.37. The van der Waals surface area contributed by atoms with Crippen LogP contribution >= 0.6 is 0 Å². The number of urea groups is 1. The first-order chi connectivity index (χ1) is 13.5. The Morgan fingerprint density at radius 3 is 2.75 bits per heavy atom. The van der Waals surface area contributed by atoms with Crippen LogP contribution in [0, 0.1) is 0 Å². The Kier molecular flexibility index (Phi) is 6.93. The van der Waals surface area contributed by atoms with Crippen LogP contribution in [0.15, 0.2) is 18.7 Å². The van der Waals surface area contributed by atoms with E-state index >= 15 is 0 Å². The van der Waals surface area contributed by atoms with Gasteiger partial charge in [0.1, 0.15) is 6.04 Å². The lowest BCUT2D eigenvalue weighted by molar-refractivity contribution is -0.126. The molecule has 28 heavy (non-hydrogen) atoms. The van der Waals surface area contributed by atoms with Crippen molar-refractivity contribution in [1.29, 1.82) is 0 Å². The zero-order valence-corrected chi connectivity index (χ0v) is 17.1. The Balaban J connectivity index is 1.51. The van der Waals surface area contributed by atoms with E-state index in [-0.39, 0.29) is 23.5 Å². The summed E-state index contributed by atoms with van der Waals surface area (Å²) in [5.74, 6) is -0.0903. The number of amides is 3. The number of hydrogen-bond donors (Lipinski definition) is 3. The van der Waals surface area contributed by atoms with Gasteiger partial charge in [0.15, 0.2) is 0 Å². The Labute approximate surface area is 167 Å². The number of aromatic nitrogens is 2. The van der Waals surface area contributed by atoms with E-state index in [2.05, 4.69) is 34.8 Å². The third-order valence-electron chi connectivity index (χ3n) is 5.98. The number of nitrogens with one attached hydrogen (secondary N) is 3. The standard InChI is InChI=1S/C20H34N6O2/c1-20(2,25-12-10-22-15-25)8-9-23-18(27)17-14-21-11-13-26(17)19(28)24-16-6-4-3-5-7-16/h10,12,15-17,21H,3-9,11,13-14H2,1-2H3,(H,23,27)(H,24,28). The Morgan fingerprint density at radius 2 is 2.04 bits per heavy atom. The molecule has 0 spiro atoms. The molecule has 2 fully saturated rings. The van der Waals surface area contributed by atoms with Gasteiger partial charge in [-0.1, -0.05) is 19.3 Å². The van der Waals surface area contributed by atoms with E-state index in [1.807, 2.05) is 10.8 Å². The van der Waals surface area contributed by atoms with Crippen molar-refractivity contribution in [2.75, 3.05) is 26.2 Å². The van der Waals surface area contributed by atoms with E-state index in [4.69, 9.17) is 0 Å². The van der Waals surface area contributed by atoms with Gasteiger partial charge in [-0.3, -0.25) is 4.79 Å². The van der Waals surface area contributed by atoms with Gasteiger partial charge in [-0.15, -0.1) is 0 Å². The molecule has 3 amide bonds. The van der Waals surface area contributed by atoms with E-state index in [0.29, 0.717) is 19.6 Å². The first kappa shape index (κ1) is 20.6. The zero-order chi connectivity index (χ0) is 20.0. The molecule has 0 bridgehead atoms. The highest BCUT2D eigenvalue weighted by molar-refractivity contribution is 5.87. The molecular formula is C20H34N6O2. The van der Waals surface area contributed by atoms with Crippen molar-refractivity contribution in [3.63, 3.8) is 0 Å². The van der Waals surface area contributed by atoms with Crippen molar-refractivity contribution in [3.8, 4) is 0 Å². The van der Waals surface area contributed by atoms with Crippen LogP contribution in [0.4, 0.5) is 4.79 Å². The second-order valence-corrected chi connectivity index (χ2v) is 8.52. The average molecular weight is 391 g/mol. The van der Waals surface area contributed by atoms with E-state index < -0.39 is 6.04 Å². The lowest BCUT2D eigenvalue weighted by atomic mass is 9.96. The second kappa shape index (κ2) is 9.41. The fraction of sp³-hybridized carbons (Fsp3) is 0.750. The normalized spacial score (nSPS) is 21.4. The molecule has 1 aromatic heterocycles. The number of carbonyl (C=O) groups is 2. The van der Waals surface area contributed by atoms with Crippen LogP contribution in [0.1, 0.15) is 52.4 Å². The maximum Gasteiger partial charge on any atom is 0.318 e. The van der Waals surface area contributed by atoms with E-state index in [0.717, 1.165) is 25.8 Å². The predicted octanol–water partition coefficient (Wildman–Crippen LogP) is 1.44. The SMILES string of the molecule is CC(C)(CCNC(=O)C1CNCCN1C(=O)NC1CCCCC1)n1ccnc1. The van der Waals surface area contributed by atoms with Crippen LogP contribution in [-0.2, 0) is 10.3 Å². The quantitative estimate of drug-likeness (QED) is 0.685. The highest BCUT2D eigenvalue weighted by Crippen LogP contribution is 2.19. The number of hydrogen-bond acceptors (Lipinski definition) is 4. The summed E-state index contributed by atoms with van der Waals surface area (Å²) in [5.41, 5.74) is -0.132. The van der Waals surface area contributed by atoms with Crippen LogP contribution in [0.5, 0.6) is 0 Å². The monoisotopic (exact) mass is 390 g/mol. The molecule has 156 valence electrons. The van der Waals surface area contributed by atoms with Gasteiger partial charge >= 0.3 is 6.03 Å². The molecule has 2 heterocycles. The summed E-state index contributed by atoms with van der Waals surface area (Å²) >= 11 is 0. The summed E-state index contributed by atoms with van der Waals surface area (Å²) in [4.78, 5) is 31.3. The fourth-order valence-corrected chi connectivity index (χ4v) is 4.04. The molecule has 0 aromatic carbocycles. The van der Waals surface area contributed by atoms with Crippen LogP contribution in [-0.4, -0.2) is 64.7 Å². The maximum atomic E-state index is 12.8. The van der Waals surface area contributed by atoms with Crippen molar-refractivity contribution in [1.82, 2.24) is 30.4 Å². The fourth-order valence-electron chi connectivity index (χ4n) is 4.04. The molecule has 2 aliphatic rings. The summed E-state index contributed by atoms with van der Waals surface area (Å²) in [6.07, 6.45) is 11.9. The average Bonchev–Trinajstić information content (AvgIpc) is 3.24. The molecular weight excluding hydrogens is 356 g/mol. The summed E-state index contributed by atoms with van der Waals surface area (Å²) in [6, 6.07) is -0.322. The van der Waals surface area contributed by atoms with Gasteiger partial charge in [0.05, 0.1) is 6.33 Å². The number of nitrogens with zero attached hydrogens (tertiary/aromatic N) is 3. The highest BCUT2D eigenvalue weighted by Gasteiger charge is 2.33. The molecule has 3 N–H and O–H groups in total. The van der Waals surface area contributed by atoms with Gasteiger partial charge in [-0.05, 0) is 33.1 Å². The van der Waals surface area contributed by atoms with Crippen LogP contribution in [0.25, 0.3) is 0 Å². The minimum Gasteiger partial charge on any atom is -0.354 e. The van der Waals surface area contributed by atoms with Gasteiger partial charge in [-0.2, -0.15) is 0 Å². The Morgan fingerprint density at radius 1 is 1.25 bits per heavy atom. The molecule has 1 aromatic rings. The molecule has 1 aliphatic heterocycles. The minimum atomic E-state index is -0.464. The van der Waals surface area contributed by atoms with E-state index in [1.165, 1.54) is 19.3 Å². The zero-order valence-electron chi connectivity index (χ0n) is 17.1. The van der Waals surface area contributed by atoms with E-state index in [1.54, 1.807) is 17.4 Å². The molecule has 1 saturated carbocycles. The summed E-state index contributed by atoms with van der Waals surface area (Å²) in [6.45, 7) is 6.56. The number of piperazine rings is 1. The molecule has 8 nitrogen and oxygen atoms in total. The third-order valence-corrected chi connectivity index (χ3v) is 5.98. The Bertz CT molecular complexity index is 639. The van der Waals surface area contributed by atoms with Gasteiger partial charge in [0, 0.05) is 50.2 Å². The molecule has 1 aliphatic carbocycles. The Hall–Kier alpha value is -2.09. The van der Waals surface area contributed by atoms with Gasteiger partial charge in [0.2, 0.25) is 5.91 Å². The van der Waals surface area contributed by atoms with Gasteiger partial charge < -0.3 is 25.4 Å². The van der Waals surface area contributed by atoms with Crippen LogP contribution < -0.4 is 16.0 Å². The van der Waals surface area contributed by atoms with Crippen molar-refractivity contribution in [2.24, 2.45) is 0 Å². The smallest absolute Gasteiger partial charge is 0.318 e. The van der Waals surface area contributed by atoms with Crippen molar-refractivity contribution < 1.29 is 9.59 Å². The van der Waals surface area contributed by atoms with Crippen LogP contribution in [0.3, 0.4) is 0 Å². The lowest BCUT2D eigenvalue weighted by Crippen LogP contribution is -2.62. The molecule has 3 rings (SSSR count). The molecule has 0 radical (unpaired) electrons. The van der Waals surface area contributed by atoms with Crippen LogP contribution in [0.2, 0.25) is 0 Å².